The standard InChI is InChI=1S/C16H21FN2OS/c1-10(2)18-8-13-5-14(17)7-15(6-13)20-9-16-19-11(3)12(4)21-16/h5-7,10,18H,8-9H2,1-4H3. The summed E-state index contributed by atoms with van der Waals surface area (Å²) in [6.45, 7) is 9.14. The van der Waals surface area contributed by atoms with Crippen LogP contribution in [0.5, 0.6) is 5.75 Å². The number of aryl methyl sites for hydroxylation is 2. The van der Waals surface area contributed by atoms with Crippen LogP contribution in [-0.4, -0.2) is 11.0 Å². The highest BCUT2D eigenvalue weighted by Gasteiger charge is 2.07. The molecule has 2 aromatic rings. The molecule has 1 aromatic carbocycles. The summed E-state index contributed by atoms with van der Waals surface area (Å²) in [5, 5.41) is 4.18. The Kier molecular flexibility index (Phi) is 5.31. The molecule has 0 amide bonds. The number of hydrogen-bond acceptors (Lipinski definition) is 4. The predicted octanol–water partition coefficient (Wildman–Crippen LogP) is 3.98. The third kappa shape index (κ3) is 4.79. The zero-order chi connectivity index (χ0) is 15.4. The van der Waals surface area contributed by atoms with Crippen molar-refractivity contribution in [1.82, 2.24) is 10.3 Å². The van der Waals surface area contributed by atoms with Crippen molar-refractivity contribution >= 4 is 11.3 Å². The van der Waals surface area contributed by atoms with E-state index in [4.69, 9.17) is 4.74 Å². The number of hydrogen-bond donors (Lipinski definition) is 1. The zero-order valence-corrected chi connectivity index (χ0v) is 13.7. The molecular formula is C16H21FN2OS. The Bertz CT molecular complexity index is 591. The molecule has 0 aliphatic rings. The lowest BCUT2D eigenvalue weighted by Gasteiger charge is -2.10. The monoisotopic (exact) mass is 308 g/mol. The molecule has 0 fully saturated rings. The third-order valence-electron chi connectivity index (χ3n) is 3.08. The van der Waals surface area contributed by atoms with Gasteiger partial charge in [-0.05, 0) is 31.5 Å². The number of nitrogens with one attached hydrogen (secondary N) is 1. The third-order valence-corrected chi connectivity index (χ3v) is 4.13. The van der Waals surface area contributed by atoms with Gasteiger partial charge in [0.2, 0.25) is 0 Å². The SMILES string of the molecule is Cc1nc(COc2cc(F)cc(CNC(C)C)c2)sc1C. The molecule has 0 atom stereocenters. The van der Waals surface area contributed by atoms with E-state index in [-0.39, 0.29) is 5.82 Å². The van der Waals surface area contributed by atoms with Crippen LogP contribution >= 0.6 is 11.3 Å². The lowest BCUT2D eigenvalue weighted by molar-refractivity contribution is 0.303. The van der Waals surface area contributed by atoms with Crippen molar-refractivity contribution < 1.29 is 9.13 Å². The molecule has 0 unspecified atom stereocenters. The first-order valence-electron chi connectivity index (χ1n) is 7.02. The second kappa shape index (κ2) is 7.00. The smallest absolute Gasteiger partial charge is 0.140 e. The fourth-order valence-electron chi connectivity index (χ4n) is 1.87. The number of thiazole rings is 1. The van der Waals surface area contributed by atoms with Crippen LogP contribution in [0.2, 0.25) is 0 Å². The summed E-state index contributed by atoms with van der Waals surface area (Å²) in [5.41, 5.74) is 1.91. The van der Waals surface area contributed by atoms with Crippen molar-refractivity contribution in [3.63, 3.8) is 0 Å². The summed E-state index contributed by atoms with van der Waals surface area (Å²) >= 11 is 1.61. The molecule has 3 nitrogen and oxygen atoms in total. The Morgan fingerprint density at radius 2 is 2.05 bits per heavy atom. The second-order valence-electron chi connectivity index (χ2n) is 5.37. The van der Waals surface area contributed by atoms with Gasteiger partial charge in [0.05, 0.1) is 5.69 Å². The van der Waals surface area contributed by atoms with E-state index in [9.17, 15) is 4.39 Å². The summed E-state index contributed by atoms with van der Waals surface area (Å²) in [6.07, 6.45) is 0. The van der Waals surface area contributed by atoms with Crippen molar-refractivity contribution in [2.75, 3.05) is 0 Å². The minimum Gasteiger partial charge on any atom is -0.486 e. The Balaban J connectivity index is 2.02. The lowest BCUT2D eigenvalue weighted by atomic mass is 10.2. The van der Waals surface area contributed by atoms with Gasteiger partial charge in [0.1, 0.15) is 23.2 Å². The van der Waals surface area contributed by atoms with Gasteiger partial charge in [-0.2, -0.15) is 0 Å². The van der Waals surface area contributed by atoms with Gasteiger partial charge in [-0.1, -0.05) is 13.8 Å². The van der Waals surface area contributed by atoms with E-state index in [2.05, 4.69) is 24.1 Å². The average Bonchev–Trinajstić information content (AvgIpc) is 2.73. The van der Waals surface area contributed by atoms with Crippen LogP contribution < -0.4 is 10.1 Å². The number of halogens is 1. The van der Waals surface area contributed by atoms with Crippen LogP contribution in [0.1, 0.15) is 35.0 Å². The highest BCUT2D eigenvalue weighted by atomic mass is 32.1. The number of aromatic nitrogens is 1. The van der Waals surface area contributed by atoms with E-state index in [1.807, 2.05) is 19.9 Å². The topological polar surface area (TPSA) is 34.1 Å². The zero-order valence-electron chi connectivity index (χ0n) is 12.9. The van der Waals surface area contributed by atoms with Gasteiger partial charge in [0.15, 0.2) is 0 Å². The summed E-state index contributed by atoms with van der Waals surface area (Å²) < 4.78 is 19.3. The molecule has 0 aliphatic carbocycles. The Labute approximate surface area is 129 Å². The Hall–Kier alpha value is -1.46. The summed E-state index contributed by atoms with van der Waals surface area (Å²) in [5.74, 6) is 0.264. The maximum absolute atomic E-state index is 13.6. The number of benzene rings is 1. The highest BCUT2D eigenvalue weighted by molar-refractivity contribution is 7.11. The Morgan fingerprint density at radius 3 is 2.67 bits per heavy atom. The molecule has 1 heterocycles. The fourth-order valence-corrected chi connectivity index (χ4v) is 2.72. The van der Waals surface area contributed by atoms with E-state index >= 15 is 0 Å². The highest BCUT2D eigenvalue weighted by Crippen LogP contribution is 2.21. The van der Waals surface area contributed by atoms with E-state index in [0.717, 1.165) is 16.3 Å². The maximum atomic E-state index is 13.6. The summed E-state index contributed by atoms with van der Waals surface area (Å²) in [4.78, 5) is 5.61. The number of nitrogens with zero attached hydrogens (tertiary/aromatic N) is 1. The molecule has 2 rings (SSSR count). The van der Waals surface area contributed by atoms with Crippen molar-refractivity contribution in [2.45, 2.75) is 46.9 Å². The van der Waals surface area contributed by atoms with Crippen LogP contribution in [0.3, 0.4) is 0 Å². The molecule has 0 bridgehead atoms. The van der Waals surface area contributed by atoms with Crippen molar-refractivity contribution in [2.24, 2.45) is 0 Å². The van der Waals surface area contributed by atoms with Gasteiger partial charge in [0, 0.05) is 23.5 Å². The first-order valence-corrected chi connectivity index (χ1v) is 7.84. The molecule has 0 aliphatic heterocycles. The van der Waals surface area contributed by atoms with Crippen LogP contribution in [-0.2, 0) is 13.2 Å². The minimum atomic E-state index is -0.278. The largest absolute Gasteiger partial charge is 0.486 e. The van der Waals surface area contributed by atoms with E-state index in [0.29, 0.717) is 24.9 Å². The molecule has 1 aromatic heterocycles. The quantitative estimate of drug-likeness (QED) is 0.876. The van der Waals surface area contributed by atoms with Gasteiger partial charge >= 0.3 is 0 Å². The lowest BCUT2D eigenvalue weighted by Crippen LogP contribution is -2.21. The predicted molar refractivity (Wildman–Crippen MR) is 84.3 cm³/mol. The maximum Gasteiger partial charge on any atom is 0.140 e. The minimum absolute atomic E-state index is 0.278. The first kappa shape index (κ1) is 15.9. The molecule has 0 saturated heterocycles. The van der Waals surface area contributed by atoms with Crippen molar-refractivity contribution in [1.29, 1.82) is 0 Å². The molecule has 5 heteroatoms. The summed E-state index contributed by atoms with van der Waals surface area (Å²) in [6, 6.07) is 5.16. The summed E-state index contributed by atoms with van der Waals surface area (Å²) in [7, 11) is 0. The average molecular weight is 308 g/mol. The normalized spacial score (nSPS) is 11.1. The molecule has 114 valence electrons. The van der Waals surface area contributed by atoms with Crippen LogP contribution in [0.25, 0.3) is 0 Å². The first-order chi connectivity index (χ1) is 9.94. The molecule has 0 radical (unpaired) electrons. The van der Waals surface area contributed by atoms with Gasteiger partial charge in [-0.15, -0.1) is 11.3 Å². The Morgan fingerprint density at radius 1 is 1.29 bits per heavy atom. The molecule has 1 N–H and O–H groups in total. The van der Waals surface area contributed by atoms with Crippen molar-refractivity contribution in [3.8, 4) is 5.75 Å². The van der Waals surface area contributed by atoms with E-state index in [1.54, 1.807) is 11.3 Å². The fraction of sp³-hybridized carbons (Fsp3) is 0.438. The number of ether oxygens (including phenoxy) is 1. The van der Waals surface area contributed by atoms with Gasteiger partial charge in [0.25, 0.3) is 0 Å². The van der Waals surface area contributed by atoms with Gasteiger partial charge in [-0.25, -0.2) is 9.37 Å². The molecule has 0 spiro atoms. The second-order valence-corrected chi connectivity index (χ2v) is 6.66. The van der Waals surface area contributed by atoms with Gasteiger partial charge in [-0.3, -0.25) is 0 Å². The van der Waals surface area contributed by atoms with Gasteiger partial charge < -0.3 is 10.1 Å². The van der Waals surface area contributed by atoms with Crippen LogP contribution in [0, 0.1) is 19.7 Å². The molecule has 21 heavy (non-hydrogen) atoms. The van der Waals surface area contributed by atoms with Crippen molar-refractivity contribution in [3.05, 3.63) is 45.2 Å². The molecular weight excluding hydrogens is 287 g/mol. The van der Waals surface area contributed by atoms with Crippen LogP contribution in [0.4, 0.5) is 4.39 Å². The van der Waals surface area contributed by atoms with E-state index < -0.39 is 0 Å². The molecule has 0 saturated carbocycles. The van der Waals surface area contributed by atoms with Crippen LogP contribution in [0.15, 0.2) is 18.2 Å². The number of rotatable bonds is 6. The van der Waals surface area contributed by atoms with E-state index in [1.165, 1.54) is 17.0 Å².